The van der Waals surface area contributed by atoms with Gasteiger partial charge in [0, 0.05) is 41.5 Å². The molecule has 0 unspecified atom stereocenters. The van der Waals surface area contributed by atoms with Gasteiger partial charge in [0.15, 0.2) is 0 Å². The van der Waals surface area contributed by atoms with Crippen molar-refractivity contribution in [1.82, 2.24) is 20.2 Å². The smallest absolute Gasteiger partial charge is 0.269 e. The number of amides is 1. The fourth-order valence-corrected chi connectivity index (χ4v) is 4.46. The fraction of sp³-hybridized carbons (Fsp3) is 0.280. The first kappa shape index (κ1) is 20.9. The Morgan fingerprint density at radius 1 is 1.09 bits per heavy atom. The van der Waals surface area contributed by atoms with Crippen molar-refractivity contribution in [2.75, 3.05) is 39.4 Å². The second-order valence-electron chi connectivity index (χ2n) is 7.99. The Kier molecular flexibility index (Phi) is 6.08. The number of aromatic amines is 1. The van der Waals surface area contributed by atoms with Gasteiger partial charge in [0.2, 0.25) is 0 Å². The normalized spacial score (nSPS) is 14.8. The van der Waals surface area contributed by atoms with Crippen LogP contribution < -0.4 is 5.32 Å². The zero-order valence-electron chi connectivity index (χ0n) is 17.7. The molecule has 0 radical (unpaired) electrons. The van der Waals surface area contributed by atoms with Crippen LogP contribution in [0.15, 0.2) is 54.6 Å². The van der Waals surface area contributed by atoms with Crippen molar-refractivity contribution in [3.63, 3.8) is 0 Å². The van der Waals surface area contributed by atoms with E-state index >= 15 is 0 Å². The monoisotopic (exact) mass is 448 g/mol. The topological polar surface area (TPSA) is 70.2 Å². The molecule has 0 spiro atoms. The lowest BCUT2D eigenvalue weighted by Gasteiger charge is -2.26. The lowest BCUT2D eigenvalue weighted by molar-refractivity contribution is 0.0374. The Bertz CT molecular complexity index is 1260. The van der Waals surface area contributed by atoms with Crippen LogP contribution in [0.4, 0.5) is 0 Å². The molecule has 1 fully saturated rings. The van der Waals surface area contributed by atoms with Gasteiger partial charge in [-0.3, -0.25) is 9.69 Å². The molecule has 2 aromatic heterocycles. The molecule has 32 heavy (non-hydrogen) atoms. The van der Waals surface area contributed by atoms with Crippen LogP contribution in [0.5, 0.6) is 0 Å². The summed E-state index contributed by atoms with van der Waals surface area (Å²) in [4.78, 5) is 23.6. The minimum Gasteiger partial charge on any atom is -0.379 e. The summed E-state index contributed by atoms with van der Waals surface area (Å²) in [6.45, 7) is 5.02. The van der Waals surface area contributed by atoms with Crippen molar-refractivity contribution in [3.05, 3.63) is 65.3 Å². The first-order valence-electron chi connectivity index (χ1n) is 11.0. The van der Waals surface area contributed by atoms with Crippen molar-refractivity contribution < 1.29 is 9.53 Å². The highest BCUT2D eigenvalue weighted by atomic mass is 35.5. The Labute approximate surface area is 191 Å². The number of pyridine rings is 1. The minimum absolute atomic E-state index is 0.174. The van der Waals surface area contributed by atoms with Gasteiger partial charge in [-0.2, -0.15) is 0 Å². The van der Waals surface area contributed by atoms with Gasteiger partial charge in [0.1, 0.15) is 5.69 Å². The van der Waals surface area contributed by atoms with Crippen molar-refractivity contribution in [3.8, 4) is 11.3 Å². The second-order valence-corrected chi connectivity index (χ2v) is 8.40. The molecule has 0 bridgehead atoms. The van der Waals surface area contributed by atoms with Gasteiger partial charge in [0.05, 0.1) is 29.4 Å². The molecule has 5 rings (SSSR count). The van der Waals surface area contributed by atoms with E-state index in [1.54, 1.807) is 0 Å². The van der Waals surface area contributed by atoms with Crippen LogP contribution in [0.25, 0.3) is 33.1 Å². The van der Waals surface area contributed by atoms with E-state index in [0.29, 0.717) is 23.0 Å². The summed E-state index contributed by atoms with van der Waals surface area (Å²) in [5, 5.41) is 5.65. The average Bonchev–Trinajstić information content (AvgIpc) is 3.21. The standard InChI is InChI=1S/C25H25ClN4O2/c26-20-8-3-1-7-18(20)23-24-19(17-6-2-4-9-21(17)28-24)16-22(29-23)25(31)27-10-5-11-30-12-14-32-15-13-30/h1-4,6-9,16,28H,5,10-15H2,(H,27,31). The maximum atomic E-state index is 13.0. The number of hydrogen-bond acceptors (Lipinski definition) is 4. The summed E-state index contributed by atoms with van der Waals surface area (Å²) in [5.74, 6) is -0.174. The molecule has 1 aliphatic heterocycles. The Hall–Kier alpha value is -2.93. The lowest BCUT2D eigenvalue weighted by Crippen LogP contribution is -2.38. The molecule has 1 aliphatic rings. The Morgan fingerprint density at radius 2 is 1.88 bits per heavy atom. The molecular formula is C25H25ClN4O2. The summed E-state index contributed by atoms with van der Waals surface area (Å²) < 4.78 is 5.39. The molecule has 164 valence electrons. The van der Waals surface area contributed by atoms with Crippen molar-refractivity contribution in [2.24, 2.45) is 0 Å². The number of rotatable bonds is 6. The number of benzene rings is 2. The molecule has 0 aliphatic carbocycles. The van der Waals surface area contributed by atoms with Crippen LogP contribution >= 0.6 is 11.6 Å². The molecule has 6 nitrogen and oxygen atoms in total. The number of fused-ring (bicyclic) bond motifs is 3. The highest BCUT2D eigenvalue weighted by molar-refractivity contribution is 6.33. The predicted molar refractivity (Wildman–Crippen MR) is 128 cm³/mol. The van der Waals surface area contributed by atoms with Crippen LogP contribution in [0.2, 0.25) is 5.02 Å². The third-order valence-electron chi connectivity index (χ3n) is 5.90. The van der Waals surface area contributed by atoms with Crippen molar-refractivity contribution >= 4 is 39.3 Å². The average molecular weight is 449 g/mol. The molecule has 2 aromatic carbocycles. The van der Waals surface area contributed by atoms with Crippen molar-refractivity contribution in [2.45, 2.75) is 6.42 Å². The fourth-order valence-electron chi connectivity index (χ4n) is 4.23. The number of aromatic nitrogens is 2. The van der Waals surface area contributed by atoms with E-state index < -0.39 is 0 Å². The van der Waals surface area contributed by atoms with Crippen LogP contribution in [0.1, 0.15) is 16.9 Å². The number of para-hydroxylation sites is 1. The zero-order chi connectivity index (χ0) is 21.9. The highest BCUT2D eigenvalue weighted by Gasteiger charge is 2.18. The summed E-state index contributed by atoms with van der Waals surface area (Å²) >= 11 is 6.50. The third kappa shape index (κ3) is 4.21. The van der Waals surface area contributed by atoms with Gasteiger partial charge in [-0.1, -0.05) is 48.0 Å². The molecule has 3 heterocycles. The quantitative estimate of drug-likeness (QED) is 0.426. The number of hydrogen-bond donors (Lipinski definition) is 2. The number of ether oxygens (including phenoxy) is 1. The molecule has 1 saturated heterocycles. The zero-order valence-corrected chi connectivity index (χ0v) is 18.5. The number of nitrogens with one attached hydrogen (secondary N) is 2. The van der Waals surface area contributed by atoms with Crippen LogP contribution in [-0.4, -0.2) is 60.2 Å². The summed E-state index contributed by atoms with van der Waals surface area (Å²) in [6.07, 6.45) is 0.887. The van der Waals surface area contributed by atoms with Gasteiger partial charge < -0.3 is 15.0 Å². The van der Waals surface area contributed by atoms with Gasteiger partial charge in [0.25, 0.3) is 5.91 Å². The van der Waals surface area contributed by atoms with Crippen LogP contribution in [0.3, 0.4) is 0 Å². The molecule has 0 saturated carbocycles. The summed E-state index contributed by atoms with van der Waals surface area (Å²) in [5.41, 5.74) is 3.75. The second kappa shape index (κ2) is 9.28. The molecule has 7 heteroatoms. The molecular weight excluding hydrogens is 424 g/mol. The maximum absolute atomic E-state index is 13.0. The first-order valence-corrected chi connectivity index (χ1v) is 11.3. The van der Waals surface area contributed by atoms with Crippen molar-refractivity contribution in [1.29, 1.82) is 0 Å². The molecule has 2 N–H and O–H groups in total. The molecule has 4 aromatic rings. The van der Waals surface area contributed by atoms with E-state index in [4.69, 9.17) is 21.3 Å². The number of H-pyrrole nitrogens is 1. The van der Waals surface area contributed by atoms with E-state index in [1.165, 1.54) is 0 Å². The molecule has 1 amide bonds. The Morgan fingerprint density at radius 3 is 2.72 bits per heavy atom. The van der Waals surface area contributed by atoms with Crippen LogP contribution in [-0.2, 0) is 4.74 Å². The molecule has 0 atom stereocenters. The van der Waals surface area contributed by atoms with Crippen LogP contribution in [0, 0.1) is 0 Å². The SMILES string of the molecule is O=C(NCCCN1CCOCC1)c1cc2c([nH]c3ccccc32)c(-c2ccccc2Cl)n1. The number of morpholine rings is 1. The van der Waals surface area contributed by atoms with E-state index in [-0.39, 0.29) is 5.91 Å². The van der Waals surface area contributed by atoms with E-state index in [2.05, 4.69) is 21.3 Å². The minimum atomic E-state index is -0.174. The number of carbonyl (C=O) groups excluding carboxylic acids is 1. The maximum Gasteiger partial charge on any atom is 0.269 e. The Balaban J connectivity index is 1.44. The summed E-state index contributed by atoms with van der Waals surface area (Å²) in [6, 6.07) is 17.5. The van der Waals surface area contributed by atoms with Gasteiger partial charge in [-0.25, -0.2) is 4.98 Å². The third-order valence-corrected chi connectivity index (χ3v) is 6.23. The number of nitrogens with zero attached hydrogens (tertiary/aromatic N) is 2. The summed E-state index contributed by atoms with van der Waals surface area (Å²) in [7, 11) is 0. The van der Waals surface area contributed by atoms with E-state index in [1.807, 2.05) is 48.5 Å². The largest absolute Gasteiger partial charge is 0.379 e. The van der Waals surface area contributed by atoms with E-state index in [0.717, 1.165) is 66.6 Å². The lowest BCUT2D eigenvalue weighted by atomic mass is 10.1. The van der Waals surface area contributed by atoms with Gasteiger partial charge >= 0.3 is 0 Å². The highest BCUT2D eigenvalue weighted by Crippen LogP contribution is 2.35. The predicted octanol–water partition coefficient (Wildman–Crippen LogP) is 4.49. The van der Waals surface area contributed by atoms with E-state index in [9.17, 15) is 4.79 Å². The first-order chi connectivity index (χ1) is 15.7. The number of halogens is 1. The van der Waals surface area contributed by atoms with Gasteiger partial charge in [-0.05, 0) is 31.2 Å². The van der Waals surface area contributed by atoms with Gasteiger partial charge in [-0.15, -0.1) is 0 Å². The number of carbonyl (C=O) groups is 1.